The van der Waals surface area contributed by atoms with Gasteiger partial charge in [0.25, 0.3) is 0 Å². The first kappa shape index (κ1) is 9.19. The molecule has 0 unspecified atom stereocenters. The van der Waals surface area contributed by atoms with Crippen LogP contribution in [0.3, 0.4) is 0 Å². The Bertz CT molecular complexity index is 105. The third-order valence-corrected chi connectivity index (χ3v) is 2.83. The maximum atomic E-state index is 5.40. The number of rotatable bonds is 3. The fraction of sp³-hybridized carbons (Fsp3) is 1.00. The molecule has 1 fully saturated rings. The molecule has 0 spiro atoms. The van der Waals surface area contributed by atoms with Gasteiger partial charge in [0.15, 0.2) is 0 Å². The van der Waals surface area contributed by atoms with Gasteiger partial charge in [-0.2, -0.15) is 0 Å². The van der Waals surface area contributed by atoms with Crippen LogP contribution in [0.1, 0.15) is 32.1 Å². The lowest BCUT2D eigenvalue weighted by atomic mass is 9.90. The van der Waals surface area contributed by atoms with E-state index in [0.29, 0.717) is 0 Å². The molecular formula is C7H18N2OSi. The zero-order valence-corrected chi connectivity index (χ0v) is 8.11. The molecule has 11 heavy (non-hydrogen) atoms. The highest BCUT2D eigenvalue weighted by molar-refractivity contribution is 6.43. The Kier molecular flexibility index (Phi) is 4.07. The molecule has 1 rings (SSSR count). The van der Waals surface area contributed by atoms with Crippen LogP contribution >= 0.6 is 0 Å². The zero-order valence-electron chi connectivity index (χ0n) is 6.96. The number of hydrogen-bond donors (Lipinski definition) is 2. The van der Waals surface area contributed by atoms with Crippen LogP contribution in [0.15, 0.2) is 0 Å². The van der Waals surface area contributed by atoms with Crippen molar-refractivity contribution in [3.8, 4) is 0 Å². The van der Waals surface area contributed by atoms with E-state index in [0.717, 1.165) is 12.5 Å². The van der Waals surface area contributed by atoms with Crippen LogP contribution in [0, 0.1) is 5.92 Å². The topological polar surface area (TPSA) is 61.3 Å². The molecule has 1 aliphatic rings. The van der Waals surface area contributed by atoms with Gasteiger partial charge in [-0.3, -0.25) is 0 Å². The largest absolute Gasteiger partial charge is 0.394 e. The van der Waals surface area contributed by atoms with Gasteiger partial charge in [0.2, 0.25) is 0 Å². The molecule has 0 amide bonds. The molecule has 3 nitrogen and oxygen atoms in total. The van der Waals surface area contributed by atoms with E-state index in [4.69, 9.17) is 15.2 Å². The Morgan fingerprint density at radius 3 is 2.36 bits per heavy atom. The summed E-state index contributed by atoms with van der Waals surface area (Å²) in [5.74, 6) is 0.742. The Morgan fingerprint density at radius 1 is 1.18 bits per heavy atom. The summed E-state index contributed by atoms with van der Waals surface area (Å²) in [5.41, 5.74) is 0. The summed E-state index contributed by atoms with van der Waals surface area (Å²) in [6.45, 7) is 0.809. The van der Waals surface area contributed by atoms with E-state index in [2.05, 4.69) is 0 Å². The second-order valence-electron chi connectivity index (χ2n) is 3.30. The lowest BCUT2D eigenvalue weighted by Crippen LogP contribution is -2.41. The predicted octanol–water partition coefficient (Wildman–Crippen LogP) is 0.218. The van der Waals surface area contributed by atoms with Gasteiger partial charge in [0.1, 0.15) is 0 Å². The van der Waals surface area contributed by atoms with Crippen molar-refractivity contribution in [1.29, 1.82) is 0 Å². The molecule has 0 aromatic rings. The van der Waals surface area contributed by atoms with E-state index in [1.807, 2.05) is 0 Å². The van der Waals surface area contributed by atoms with E-state index in [-0.39, 0.29) is 0 Å². The Hall–Kier alpha value is 0.0969. The zero-order chi connectivity index (χ0) is 8.10. The van der Waals surface area contributed by atoms with E-state index < -0.39 is 9.36 Å². The molecule has 0 radical (unpaired) electrons. The standard InChI is InChI=1S/C7H18N2OSi/c8-11(9)10-6-7-4-2-1-3-5-7/h7,11H,1-6,8-9H2. The van der Waals surface area contributed by atoms with Gasteiger partial charge in [-0.1, -0.05) is 19.3 Å². The molecule has 0 heterocycles. The Morgan fingerprint density at radius 2 is 1.82 bits per heavy atom. The second kappa shape index (κ2) is 4.87. The van der Waals surface area contributed by atoms with Crippen molar-refractivity contribution in [3.05, 3.63) is 0 Å². The van der Waals surface area contributed by atoms with Gasteiger partial charge in [-0.05, 0) is 18.8 Å². The van der Waals surface area contributed by atoms with Crippen molar-refractivity contribution in [2.75, 3.05) is 6.61 Å². The molecule has 0 aliphatic heterocycles. The van der Waals surface area contributed by atoms with Gasteiger partial charge in [-0.15, -0.1) is 0 Å². The van der Waals surface area contributed by atoms with E-state index in [1.165, 1.54) is 32.1 Å². The van der Waals surface area contributed by atoms with Gasteiger partial charge < -0.3 is 15.2 Å². The van der Waals surface area contributed by atoms with Gasteiger partial charge in [0, 0.05) is 6.61 Å². The highest BCUT2D eigenvalue weighted by atomic mass is 28.3. The molecule has 0 aromatic carbocycles. The average molecular weight is 174 g/mol. The van der Waals surface area contributed by atoms with Crippen molar-refractivity contribution in [1.82, 2.24) is 0 Å². The summed E-state index contributed by atoms with van der Waals surface area (Å²) in [6.07, 6.45) is 6.72. The highest BCUT2D eigenvalue weighted by Gasteiger charge is 2.13. The molecule has 0 atom stereocenters. The minimum Gasteiger partial charge on any atom is -0.394 e. The predicted molar refractivity (Wildman–Crippen MR) is 48.1 cm³/mol. The fourth-order valence-corrected chi connectivity index (χ4v) is 2.10. The monoisotopic (exact) mass is 174 g/mol. The van der Waals surface area contributed by atoms with Crippen LogP contribution in [0.4, 0.5) is 0 Å². The first-order valence-electron chi connectivity index (χ1n) is 4.42. The third-order valence-electron chi connectivity index (χ3n) is 2.25. The lowest BCUT2D eigenvalue weighted by Gasteiger charge is -2.21. The minimum absolute atomic E-state index is 0.742. The number of nitrogens with two attached hydrogens (primary N) is 2. The van der Waals surface area contributed by atoms with Crippen LogP contribution in [0.25, 0.3) is 0 Å². The van der Waals surface area contributed by atoms with Crippen molar-refractivity contribution in [2.45, 2.75) is 32.1 Å². The minimum atomic E-state index is -1.74. The normalized spacial score (nSPS) is 21.0. The Labute approximate surface area is 70.0 Å². The van der Waals surface area contributed by atoms with E-state index in [9.17, 15) is 0 Å². The van der Waals surface area contributed by atoms with Gasteiger partial charge in [-0.25, -0.2) is 0 Å². The summed E-state index contributed by atoms with van der Waals surface area (Å²) in [5, 5.41) is 10.8. The molecule has 0 aromatic heterocycles. The van der Waals surface area contributed by atoms with Crippen molar-refractivity contribution < 1.29 is 4.43 Å². The molecule has 66 valence electrons. The van der Waals surface area contributed by atoms with Crippen LogP contribution in [-0.2, 0) is 4.43 Å². The summed E-state index contributed by atoms with van der Waals surface area (Å²) >= 11 is 0. The van der Waals surface area contributed by atoms with Crippen LogP contribution in [-0.4, -0.2) is 16.0 Å². The third kappa shape index (κ3) is 3.86. The SMILES string of the molecule is N[SiH](N)OCC1CCCCC1. The maximum absolute atomic E-state index is 5.40. The summed E-state index contributed by atoms with van der Waals surface area (Å²) in [6, 6.07) is 0. The summed E-state index contributed by atoms with van der Waals surface area (Å²) < 4.78 is 5.28. The van der Waals surface area contributed by atoms with Crippen molar-refractivity contribution in [3.63, 3.8) is 0 Å². The average Bonchev–Trinajstić information content (AvgIpc) is 2.03. The molecule has 0 bridgehead atoms. The quantitative estimate of drug-likeness (QED) is 0.602. The Balaban J connectivity index is 2.05. The van der Waals surface area contributed by atoms with Crippen LogP contribution in [0.5, 0.6) is 0 Å². The van der Waals surface area contributed by atoms with Crippen LogP contribution in [0.2, 0.25) is 0 Å². The smallest absolute Gasteiger partial charge is 0.329 e. The molecule has 4 heteroatoms. The molecule has 0 saturated heterocycles. The van der Waals surface area contributed by atoms with E-state index in [1.54, 1.807) is 0 Å². The summed E-state index contributed by atoms with van der Waals surface area (Å²) in [4.78, 5) is 0. The summed E-state index contributed by atoms with van der Waals surface area (Å²) in [7, 11) is -1.74. The van der Waals surface area contributed by atoms with E-state index >= 15 is 0 Å². The van der Waals surface area contributed by atoms with Crippen molar-refractivity contribution in [2.24, 2.45) is 16.7 Å². The van der Waals surface area contributed by atoms with Crippen LogP contribution < -0.4 is 10.8 Å². The molecule has 1 aliphatic carbocycles. The molecular weight excluding hydrogens is 156 g/mol. The maximum Gasteiger partial charge on any atom is 0.329 e. The lowest BCUT2D eigenvalue weighted by molar-refractivity contribution is 0.208. The molecule has 1 saturated carbocycles. The highest BCUT2D eigenvalue weighted by Crippen LogP contribution is 2.23. The first-order valence-corrected chi connectivity index (χ1v) is 6.22. The van der Waals surface area contributed by atoms with Gasteiger partial charge in [0.05, 0.1) is 0 Å². The second-order valence-corrected chi connectivity index (χ2v) is 4.56. The fourth-order valence-electron chi connectivity index (χ4n) is 1.60. The first-order chi connectivity index (χ1) is 5.29. The van der Waals surface area contributed by atoms with Gasteiger partial charge >= 0.3 is 9.36 Å². The molecule has 4 N–H and O–H groups in total. The van der Waals surface area contributed by atoms with Crippen molar-refractivity contribution >= 4 is 9.36 Å². The number of hydrogen-bond acceptors (Lipinski definition) is 3.